The van der Waals surface area contributed by atoms with E-state index in [1.165, 1.54) is 39.0 Å². The van der Waals surface area contributed by atoms with Gasteiger partial charge in [-0.05, 0) is 73.1 Å². The van der Waals surface area contributed by atoms with Gasteiger partial charge < -0.3 is 9.47 Å². The Hall–Kier alpha value is -3.82. The lowest BCUT2D eigenvalue weighted by atomic mass is 9.76. The molecule has 0 aliphatic rings. The molecule has 0 heterocycles. The average Bonchev–Trinajstić information content (AvgIpc) is 3.02. The van der Waals surface area contributed by atoms with Crippen LogP contribution in [0, 0.1) is 46.5 Å². The van der Waals surface area contributed by atoms with Gasteiger partial charge in [0.25, 0.3) is 0 Å². The van der Waals surface area contributed by atoms with E-state index < -0.39 is 80.0 Å². The molecule has 236 valence electrons. The van der Waals surface area contributed by atoms with E-state index in [2.05, 4.69) is 0 Å². The maximum atomic E-state index is 15.3. The van der Waals surface area contributed by atoms with Crippen molar-refractivity contribution in [2.75, 3.05) is 0 Å². The van der Waals surface area contributed by atoms with Gasteiger partial charge in [0.05, 0.1) is 11.1 Å². The predicted octanol–water partition coefficient (Wildman–Crippen LogP) is 11.4. The predicted molar refractivity (Wildman–Crippen MR) is 153 cm³/mol. The summed E-state index contributed by atoms with van der Waals surface area (Å²) in [6.45, 7) is 10.3. The van der Waals surface area contributed by atoms with E-state index in [1.54, 1.807) is 18.2 Å². The Morgan fingerprint density at radius 3 is 1.41 bits per heavy atom. The Balaban J connectivity index is 1.81. The molecule has 0 N–H and O–H groups in total. The second kappa shape index (κ2) is 12.3. The third-order valence-corrected chi connectivity index (χ3v) is 8.76. The van der Waals surface area contributed by atoms with E-state index in [4.69, 9.17) is 9.47 Å². The lowest BCUT2D eigenvalue weighted by Gasteiger charge is -2.29. The van der Waals surface area contributed by atoms with Gasteiger partial charge in [-0.15, -0.1) is 0 Å². The number of halogens is 8. The SMILES string of the molecule is CCC(C)(CC)Oc1ccc2ccc(Oc3c(F)c(F)c(-c4c(F)c(F)c(C(C)(CC)CC)c(F)c4F)c(F)c3F)cc2c1. The van der Waals surface area contributed by atoms with Crippen LogP contribution in [0.25, 0.3) is 21.9 Å². The van der Waals surface area contributed by atoms with Gasteiger partial charge >= 0.3 is 0 Å². The van der Waals surface area contributed by atoms with Crippen LogP contribution in [0.4, 0.5) is 35.1 Å². The second-order valence-electron chi connectivity index (χ2n) is 11.3. The van der Waals surface area contributed by atoms with Crippen LogP contribution < -0.4 is 9.47 Å². The summed E-state index contributed by atoms with van der Waals surface area (Å²) in [6, 6.07) is 9.31. The molecule has 0 amide bonds. The van der Waals surface area contributed by atoms with Crippen molar-refractivity contribution < 1.29 is 44.6 Å². The number of rotatable bonds is 10. The molecule has 4 aromatic rings. The zero-order valence-corrected chi connectivity index (χ0v) is 25.1. The van der Waals surface area contributed by atoms with E-state index in [-0.39, 0.29) is 18.6 Å². The van der Waals surface area contributed by atoms with Crippen molar-refractivity contribution in [3.05, 3.63) is 88.5 Å². The molecule has 0 unspecified atom stereocenters. The molecule has 0 atom stereocenters. The summed E-state index contributed by atoms with van der Waals surface area (Å²) in [5.74, 6) is -18.4. The van der Waals surface area contributed by atoms with Crippen molar-refractivity contribution in [1.29, 1.82) is 0 Å². The fourth-order valence-corrected chi connectivity index (χ4v) is 5.03. The summed E-state index contributed by atoms with van der Waals surface area (Å²) in [4.78, 5) is 0. The summed E-state index contributed by atoms with van der Waals surface area (Å²) < 4.78 is 133. The summed E-state index contributed by atoms with van der Waals surface area (Å²) in [6.07, 6.45) is 1.58. The lowest BCUT2D eigenvalue weighted by molar-refractivity contribution is 0.0805. The topological polar surface area (TPSA) is 18.5 Å². The Bertz CT molecular complexity index is 1670. The maximum Gasteiger partial charge on any atom is 0.205 e. The molecular weight excluding hydrogens is 592 g/mol. The molecule has 0 fully saturated rings. The third kappa shape index (κ3) is 5.59. The molecule has 4 aromatic carbocycles. The van der Waals surface area contributed by atoms with Crippen LogP contribution in [-0.4, -0.2) is 5.60 Å². The molecule has 2 nitrogen and oxygen atoms in total. The van der Waals surface area contributed by atoms with E-state index in [1.807, 2.05) is 20.8 Å². The summed E-state index contributed by atoms with van der Waals surface area (Å²) >= 11 is 0. The van der Waals surface area contributed by atoms with Gasteiger partial charge in [0.1, 0.15) is 17.1 Å². The molecule has 0 spiro atoms. The van der Waals surface area contributed by atoms with Gasteiger partial charge in [-0.25, -0.2) is 26.3 Å². The van der Waals surface area contributed by atoms with Gasteiger partial charge in [-0.3, -0.25) is 0 Å². The highest BCUT2D eigenvalue weighted by atomic mass is 19.2. The molecule has 0 radical (unpaired) electrons. The molecule has 0 bridgehead atoms. The maximum absolute atomic E-state index is 15.3. The van der Waals surface area contributed by atoms with Gasteiger partial charge in [0.2, 0.25) is 17.4 Å². The first-order chi connectivity index (χ1) is 20.7. The van der Waals surface area contributed by atoms with Crippen molar-refractivity contribution in [3.8, 4) is 28.4 Å². The van der Waals surface area contributed by atoms with Crippen molar-refractivity contribution in [1.82, 2.24) is 0 Å². The van der Waals surface area contributed by atoms with Crippen LogP contribution >= 0.6 is 0 Å². The second-order valence-corrected chi connectivity index (χ2v) is 11.3. The van der Waals surface area contributed by atoms with Crippen molar-refractivity contribution >= 4 is 10.8 Å². The fourth-order valence-electron chi connectivity index (χ4n) is 5.03. The molecule has 0 saturated carbocycles. The van der Waals surface area contributed by atoms with E-state index in [9.17, 15) is 0 Å². The van der Waals surface area contributed by atoms with Crippen LogP contribution in [0.15, 0.2) is 36.4 Å². The van der Waals surface area contributed by atoms with Gasteiger partial charge in [-0.2, -0.15) is 8.78 Å². The Morgan fingerprint density at radius 2 is 0.955 bits per heavy atom. The quantitative estimate of drug-likeness (QED) is 0.129. The Morgan fingerprint density at radius 1 is 0.523 bits per heavy atom. The van der Waals surface area contributed by atoms with Gasteiger partial charge in [0.15, 0.2) is 34.9 Å². The smallest absolute Gasteiger partial charge is 0.205 e. The molecule has 44 heavy (non-hydrogen) atoms. The highest BCUT2D eigenvalue weighted by molar-refractivity contribution is 5.85. The van der Waals surface area contributed by atoms with Crippen molar-refractivity contribution in [2.45, 2.75) is 78.2 Å². The molecule has 0 saturated heterocycles. The lowest BCUT2D eigenvalue weighted by Crippen LogP contribution is -2.30. The molecule has 0 aromatic heterocycles. The minimum absolute atomic E-state index is 0.0630. The normalized spacial score (nSPS) is 12.2. The number of benzene rings is 4. The van der Waals surface area contributed by atoms with Crippen LogP contribution in [0.3, 0.4) is 0 Å². The first-order valence-corrected chi connectivity index (χ1v) is 14.3. The highest BCUT2D eigenvalue weighted by Crippen LogP contribution is 2.44. The first-order valence-electron chi connectivity index (χ1n) is 14.3. The average molecular weight is 625 g/mol. The zero-order chi connectivity index (χ0) is 32.7. The summed E-state index contributed by atoms with van der Waals surface area (Å²) in [5.41, 5.74) is -6.65. The van der Waals surface area contributed by atoms with Gasteiger partial charge in [0, 0.05) is 5.56 Å². The number of ether oxygens (including phenoxy) is 2. The molecule has 0 aliphatic carbocycles. The van der Waals surface area contributed by atoms with Crippen LogP contribution in [0.2, 0.25) is 0 Å². The van der Waals surface area contributed by atoms with Gasteiger partial charge in [-0.1, -0.05) is 46.8 Å². The summed E-state index contributed by atoms with van der Waals surface area (Å²) in [5, 5.41) is 1.20. The van der Waals surface area contributed by atoms with E-state index in [0.29, 0.717) is 16.5 Å². The van der Waals surface area contributed by atoms with Crippen molar-refractivity contribution in [3.63, 3.8) is 0 Å². The van der Waals surface area contributed by atoms with Crippen LogP contribution in [-0.2, 0) is 5.41 Å². The minimum atomic E-state index is -2.30. The molecular formula is C34H32F8O2. The minimum Gasteiger partial charge on any atom is -0.488 e. The Labute approximate surface area is 250 Å². The van der Waals surface area contributed by atoms with Crippen molar-refractivity contribution in [2.24, 2.45) is 0 Å². The number of hydrogen-bond acceptors (Lipinski definition) is 2. The molecule has 10 heteroatoms. The standard InChI is InChI=1S/C34H32F8O2/c1-7-33(5,8-2)23-28(39)24(35)21(25(36)29(23)40)22-26(37)30(41)32(31(42)27(22)38)43-19-13-11-17-12-14-20(16-18(17)15-19)44-34(6,9-3)10-4/h11-16H,7-10H2,1-6H3. The monoisotopic (exact) mass is 624 g/mol. The zero-order valence-electron chi connectivity index (χ0n) is 25.1. The van der Waals surface area contributed by atoms with Crippen LogP contribution in [0.1, 0.15) is 72.8 Å². The third-order valence-electron chi connectivity index (χ3n) is 8.76. The Kier molecular flexibility index (Phi) is 9.24. The highest BCUT2D eigenvalue weighted by Gasteiger charge is 2.39. The number of hydrogen-bond donors (Lipinski definition) is 0. The summed E-state index contributed by atoms with van der Waals surface area (Å²) in [7, 11) is 0. The largest absolute Gasteiger partial charge is 0.488 e. The fraction of sp³-hybridized carbons (Fsp3) is 0.353. The molecule has 0 aliphatic heterocycles. The van der Waals surface area contributed by atoms with Crippen LogP contribution in [0.5, 0.6) is 17.2 Å². The number of fused-ring (bicyclic) bond motifs is 1. The van der Waals surface area contributed by atoms with E-state index in [0.717, 1.165) is 12.8 Å². The first kappa shape index (κ1) is 33.1. The molecule has 4 rings (SSSR count). The van der Waals surface area contributed by atoms with E-state index >= 15 is 35.1 Å².